The summed E-state index contributed by atoms with van der Waals surface area (Å²) in [4.78, 5) is 33.4. The molecule has 0 radical (unpaired) electrons. The normalized spacial score (nSPS) is 11.1. The van der Waals surface area contributed by atoms with Gasteiger partial charge in [0.2, 0.25) is 5.91 Å². The van der Waals surface area contributed by atoms with E-state index in [2.05, 4.69) is 10.6 Å². The number of halogens is 3. The number of nitrogens with one attached hydrogen (secondary N) is 2. The number of anilines is 1. The molecule has 0 saturated carbocycles. The van der Waals surface area contributed by atoms with Gasteiger partial charge >= 0.3 is 6.18 Å². The lowest BCUT2D eigenvalue weighted by Gasteiger charge is -2.11. The fraction of sp³-hybridized carbons (Fsp3) is 0.250. The number of amides is 1. The highest BCUT2D eigenvalue weighted by Gasteiger charge is 2.31. The zero-order valence-electron chi connectivity index (χ0n) is 13.8. The Kier molecular flexibility index (Phi) is 6.16. The number of rotatable bonds is 7. The van der Waals surface area contributed by atoms with Crippen molar-refractivity contribution in [2.24, 2.45) is 0 Å². The van der Waals surface area contributed by atoms with Crippen molar-refractivity contribution in [3.05, 3.63) is 68.6 Å². The van der Waals surface area contributed by atoms with Crippen LogP contribution in [0.2, 0.25) is 0 Å². The first-order chi connectivity index (χ1) is 12.7. The fourth-order valence-electron chi connectivity index (χ4n) is 2.14. The Bertz CT molecular complexity index is 878. The monoisotopic (exact) mass is 384 g/mol. The molecule has 0 spiro atoms. The maximum absolute atomic E-state index is 12.7. The number of nitrogens with zero attached hydrogens (tertiary/aromatic N) is 2. The Hall–Kier alpha value is -3.37. The zero-order valence-corrected chi connectivity index (χ0v) is 13.8. The third-order valence-electron chi connectivity index (χ3n) is 3.48. The fourth-order valence-corrected chi connectivity index (χ4v) is 2.14. The minimum Gasteiger partial charge on any atom is -0.383 e. The Balaban J connectivity index is 1.83. The summed E-state index contributed by atoms with van der Waals surface area (Å²) in [6.45, 7) is -0.120. The van der Waals surface area contributed by atoms with Gasteiger partial charge in [0, 0.05) is 43.2 Å². The van der Waals surface area contributed by atoms with Crippen molar-refractivity contribution in [2.75, 3.05) is 18.4 Å². The Morgan fingerprint density at radius 2 is 1.78 bits per heavy atom. The van der Waals surface area contributed by atoms with Crippen LogP contribution in [0.5, 0.6) is 0 Å². The van der Waals surface area contributed by atoms with Crippen molar-refractivity contribution in [2.45, 2.75) is 12.7 Å². The number of nitro benzene ring substituents is 1. The van der Waals surface area contributed by atoms with E-state index in [9.17, 15) is 32.9 Å². The minimum atomic E-state index is -4.61. The Labute approximate surface area is 150 Å². The number of alkyl halides is 3. The lowest BCUT2D eigenvalue weighted by atomic mass is 10.2. The smallest absolute Gasteiger partial charge is 0.383 e. The summed E-state index contributed by atoms with van der Waals surface area (Å²) in [5.41, 5.74) is -1.19. The van der Waals surface area contributed by atoms with Gasteiger partial charge in [-0.3, -0.25) is 19.7 Å². The number of pyridine rings is 1. The quantitative estimate of drug-likeness (QED) is 0.432. The molecule has 2 N–H and O–H groups in total. The van der Waals surface area contributed by atoms with Crippen molar-refractivity contribution >= 4 is 17.3 Å². The number of non-ortho nitro benzene ring substituents is 1. The molecule has 144 valence electrons. The number of hydrogen-bond donors (Lipinski definition) is 2. The Morgan fingerprint density at radius 1 is 1.11 bits per heavy atom. The average molecular weight is 384 g/mol. The molecule has 0 fully saturated rings. The van der Waals surface area contributed by atoms with Gasteiger partial charge in [0.15, 0.2) is 0 Å². The maximum Gasteiger partial charge on any atom is 0.417 e. The molecule has 1 amide bonds. The molecule has 11 heteroatoms. The molecule has 0 unspecified atom stereocenters. The van der Waals surface area contributed by atoms with Crippen molar-refractivity contribution in [3.63, 3.8) is 0 Å². The molecule has 2 aromatic rings. The van der Waals surface area contributed by atoms with Crippen LogP contribution >= 0.6 is 0 Å². The third kappa shape index (κ3) is 5.83. The summed E-state index contributed by atoms with van der Waals surface area (Å²) in [7, 11) is 0. The average Bonchev–Trinajstić information content (AvgIpc) is 2.60. The van der Waals surface area contributed by atoms with Crippen LogP contribution in [0.4, 0.5) is 24.5 Å². The van der Waals surface area contributed by atoms with E-state index in [4.69, 9.17) is 0 Å². The topological polar surface area (TPSA) is 106 Å². The number of carbonyl (C=O) groups is 1. The second kappa shape index (κ2) is 8.34. The highest BCUT2D eigenvalue weighted by molar-refractivity contribution is 5.75. The van der Waals surface area contributed by atoms with Gasteiger partial charge in [0.25, 0.3) is 11.2 Å². The molecule has 0 saturated heterocycles. The van der Waals surface area contributed by atoms with Gasteiger partial charge < -0.3 is 15.2 Å². The van der Waals surface area contributed by atoms with Gasteiger partial charge in [0.05, 0.1) is 10.5 Å². The van der Waals surface area contributed by atoms with Crippen molar-refractivity contribution in [1.29, 1.82) is 0 Å². The van der Waals surface area contributed by atoms with Gasteiger partial charge in [-0.05, 0) is 18.2 Å². The molecule has 2 rings (SSSR count). The first-order valence-corrected chi connectivity index (χ1v) is 7.69. The van der Waals surface area contributed by atoms with E-state index >= 15 is 0 Å². The van der Waals surface area contributed by atoms with Crippen LogP contribution in [0.15, 0.2) is 47.4 Å². The van der Waals surface area contributed by atoms with E-state index in [-0.39, 0.29) is 18.8 Å². The molecule has 0 aliphatic heterocycles. The lowest BCUT2D eigenvalue weighted by molar-refractivity contribution is -0.384. The van der Waals surface area contributed by atoms with Crippen LogP contribution in [0.25, 0.3) is 0 Å². The molecule has 0 aliphatic carbocycles. The predicted octanol–water partition coefficient (Wildman–Crippen LogP) is 2.00. The van der Waals surface area contributed by atoms with Crippen molar-refractivity contribution in [3.8, 4) is 0 Å². The summed E-state index contributed by atoms with van der Waals surface area (Å²) in [6, 6.07) is 7.06. The molecule has 1 heterocycles. The highest BCUT2D eigenvalue weighted by atomic mass is 19.4. The van der Waals surface area contributed by atoms with E-state index in [1.165, 1.54) is 24.3 Å². The van der Waals surface area contributed by atoms with E-state index in [1.807, 2.05) is 0 Å². The second-order valence-electron chi connectivity index (χ2n) is 5.46. The van der Waals surface area contributed by atoms with E-state index in [1.54, 1.807) is 0 Å². The third-order valence-corrected chi connectivity index (χ3v) is 3.48. The van der Waals surface area contributed by atoms with Crippen molar-refractivity contribution in [1.82, 2.24) is 9.88 Å². The van der Waals surface area contributed by atoms with Gasteiger partial charge in [-0.2, -0.15) is 13.2 Å². The predicted molar refractivity (Wildman–Crippen MR) is 90.3 cm³/mol. The summed E-state index contributed by atoms with van der Waals surface area (Å²) < 4.78 is 38.6. The maximum atomic E-state index is 12.7. The molecule has 8 nitrogen and oxygen atoms in total. The van der Waals surface area contributed by atoms with Crippen LogP contribution < -0.4 is 16.2 Å². The van der Waals surface area contributed by atoms with Crippen LogP contribution in [0, 0.1) is 10.1 Å². The van der Waals surface area contributed by atoms with Gasteiger partial charge in [-0.1, -0.05) is 0 Å². The number of nitro groups is 1. The number of hydrogen-bond acceptors (Lipinski definition) is 5. The van der Waals surface area contributed by atoms with Gasteiger partial charge in [0.1, 0.15) is 6.54 Å². The van der Waals surface area contributed by atoms with Crippen molar-refractivity contribution < 1.29 is 22.9 Å². The zero-order chi connectivity index (χ0) is 20.0. The summed E-state index contributed by atoms with van der Waals surface area (Å²) in [5.74, 6) is -0.623. The molecule has 0 bridgehead atoms. The van der Waals surface area contributed by atoms with Crippen LogP contribution in [-0.2, 0) is 17.5 Å². The number of carbonyl (C=O) groups excluding carboxylic acids is 1. The van der Waals surface area contributed by atoms with E-state index in [0.717, 1.165) is 6.07 Å². The standard InChI is InChI=1S/C16H15F3N4O4/c17-16(18,19)11-1-6-15(25)22(9-11)10-14(24)21-8-7-20-12-2-4-13(5-3-12)23(26)27/h1-6,9,20H,7-8,10H2,(H,21,24). The number of benzene rings is 1. The molecule has 0 aliphatic rings. The minimum absolute atomic E-state index is 0.0552. The molecular weight excluding hydrogens is 369 g/mol. The first kappa shape index (κ1) is 19.9. The van der Waals surface area contributed by atoms with E-state index < -0.39 is 34.7 Å². The van der Waals surface area contributed by atoms with E-state index in [0.29, 0.717) is 22.5 Å². The lowest BCUT2D eigenvalue weighted by Crippen LogP contribution is -2.34. The Morgan fingerprint density at radius 3 is 2.37 bits per heavy atom. The molecule has 0 atom stereocenters. The van der Waals surface area contributed by atoms with Crippen LogP contribution in [0.1, 0.15) is 5.56 Å². The largest absolute Gasteiger partial charge is 0.417 e. The summed E-state index contributed by atoms with van der Waals surface area (Å²) >= 11 is 0. The van der Waals surface area contributed by atoms with Gasteiger partial charge in [-0.25, -0.2) is 0 Å². The second-order valence-corrected chi connectivity index (χ2v) is 5.46. The summed E-state index contributed by atoms with van der Waals surface area (Å²) in [6.07, 6.45) is -4.02. The van der Waals surface area contributed by atoms with Crippen LogP contribution in [-0.4, -0.2) is 28.5 Å². The van der Waals surface area contributed by atoms with Crippen LogP contribution in [0.3, 0.4) is 0 Å². The molecule has 27 heavy (non-hydrogen) atoms. The molecular formula is C16H15F3N4O4. The van der Waals surface area contributed by atoms with Gasteiger partial charge in [-0.15, -0.1) is 0 Å². The molecule has 1 aromatic heterocycles. The highest BCUT2D eigenvalue weighted by Crippen LogP contribution is 2.27. The summed E-state index contributed by atoms with van der Waals surface area (Å²) in [5, 5.41) is 15.9. The number of aromatic nitrogens is 1. The SMILES string of the molecule is O=C(Cn1cc(C(F)(F)F)ccc1=O)NCCNc1ccc([N+](=O)[O-])cc1. The molecule has 1 aromatic carbocycles. The first-order valence-electron chi connectivity index (χ1n) is 7.69.